The van der Waals surface area contributed by atoms with E-state index in [1.807, 2.05) is 11.3 Å². The third-order valence-electron chi connectivity index (χ3n) is 3.02. The molecule has 2 heterocycles. The fourth-order valence-electron chi connectivity index (χ4n) is 2.02. The Balaban J connectivity index is 2.01. The third kappa shape index (κ3) is 4.68. The average Bonchev–Trinajstić information content (AvgIpc) is 2.85. The minimum atomic E-state index is 0.313. The number of thiophene rings is 1. The molecule has 0 saturated heterocycles. The van der Waals surface area contributed by atoms with Crippen LogP contribution in [0.25, 0.3) is 0 Å². The molecule has 0 radical (unpaired) electrons. The standard InChI is InChI=1S/C15H21BrN4S/c1-4-7-17-14-13(16)15(19-9-18-14)20-10(2)8-12-6-5-11(3)21-12/h5-6,9-10H,4,7-8H2,1-3H3,(H2,17,18,19,20). The summed E-state index contributed by atoms with van der Waals surface area (Å²) in [5, 5.41) is 6.75. The molecule has 2 N–H and O–H groups in total. The lowest BCUT2D eigenvalue weighted by Crippen LogP contribution is -2.19. The highest BCUT2D eigenvalue weighted by Gasteiger charge is 2.12. The highest BCUT2D eigenvalue weighted by atomic mass is 79.9. The number of aromatic nitrogens is 2. The molecule has 0 fully saturated rings. The average molecular weight is 369 g/mol. The number of aryl methyl sites for hydroxylation is 1. The molecule has 0 aromatic carbocycles. The van der Waals surface area contributed by atoms with Gasteiger partial charge in [-0.15, -0.1) is 11.3 Å². The third-order valence-corrected chi connectivity index (χ3v) is 4.79. The smallest absolute Gasteiger partial charge is 0.146 e. The Bertz CT molecular complexity index is 585. The van der Waals surface area contributed by atoms with Crippen molar-refractivity contribution in [3.8, 4) is 0 Å². The Hall–Kier alpha value is -1.14. The van der Waals surface area contributed by atoms with Gasteiger partial charge in [0.1, 0.15) is 22.4 Å². The number of hydrogen-bond donors (Lipinski definition) is 2. The first kappa shape index (κ1) is 16.2. The number of halogens is 1. The van der Waals surface area contributed by atoms with Crippen molar-refractivity contribution in [3.63, 3.8) is 0 Å². The van der Waals surface area contributed by atoms with Gasteiger partial charge in [-0.3, -0.25) is 0 Å². The molecule has 21 heavy (non-hydrogen) atoms. The van der Waals surface area contributed by atoms with E-state index in [4.69, 9.17) is 0 Å². The summed E-state index contributed by atoms with van der Waals surface area (Å²) in [6.45, 7) is 7.34. The normalized spacial score (nSPS) is 12.2. The van der Waals surface area contributed by atoms with Gasteiger partial charge in [-0.1, -0.05) is 6.92 Å². The fourth-order valence-corrected chi connectivity index (χ4v) is 3.50. The van der Waals surface area contributed by atoms with Crippen LogP contribution in [0.5, 0.6) is 0 Å². The molecule has 0 amide bonds. The van der Waals surface area contributed by atoms with Crippen LogP contribution in [0.1, 0.15) is 30.0 Å². The van der Waals surface area contributed by atoms with E-state index < -0.39 is 0 Å². The van der Waals surface area contributed by atoms with Gasteiger partial charge in [0.05, 0.1) is 0 Å². The second kappa shape index (κ2) is 7.75. The molecule has 0 saturated carbocycles. The van der Waals surface area contributed by atoms with Crippen LogP contribution in [-0.4, -0.2) is 22.6 Å². The minimum Gasteiger partial charge on any atom is -0.369 e. The van der Waals surface area contributed by atoms with E-state index in [0.717, 1.165) is 35.5 Å². The first-order valence-electron chi connectivity index (χ1n) is 7.16. The van der Waals surface area contributed by atoms with Crippen LogP contribution in [-0.2, 0) is 6.42 Å². The lowest BCUT2D eigenvalue weighted by atomic mass is 10.2. The molecule has 0 spiro atoms. The van der Waals surface area contributed by atoms with E-state index in [9.17, 15) is 0 Å². The maximum atomic E-state index is 4.33. The molecule has 0 aliphatic heterocycles. The summed E-state index contributed by atoms with van der Waals surface area (Å²) >= 11 is 5.43. The van der Waals surface area contributed by atoms with Crippen molar-refractivity contribution in [3.05, 3.63) is 32.7 Å². The second-order valence-electron chi connectivity index (χ2n) is 5.07. The maximum absolute atomic E-state index is 4.33. The van der Waals surface area contributed by atoms with Gasteiger partial charge < -0.3 is 10.6 Å². The summed E-state index contributed by atoms with van der Waals surface area (Å²) in [5.41, 5.74) is 0. The Morgan fingerprint density at radius 1 is 1.29 bits per heavy atom. The molecule has 0 aliphatic carbocycles. The predicted molar refractivity (Wildman–Crippen MR) is 94.4 cm³/mol. The number of nitrogens with one attached hydrogen (secondary N) is 2. The van der Waals surface area contributed by atoms with Gasteiger partial charge >= 0.3 is 0 Å². The van der Waals surface area contributed by atoms with E-state index in [1.165, 1.54) is 9.75 Å². The van der Waals surface area contributed by atoms with Gasteiger partial charge in [-0.25, -0.2) is 9.97 Å². The highest BCUT2D eigenvalue weighted by Crippen LogP contribution is 2.27. The molecular formula is C15H21BrN4S. The monoisotopic (exact) mass is 368 g/mol. The SMILES string of the molecule is CCCNc1ncnc(NC(C)Cc2ccc(C)s2)c1Br. The Morgan fingerprint density at radius 2 is 2.05 bits per heavy atom. The highest BCUT2D eigenvalue weighted by molar-refractivity contribution is 9.10. The van der Waals surface area contributed by atoms with Crippen molar-refractivity contribution in [2.24, 2.45) is 0 Å². The van der Waals surface area contributed by atoms with Crippen molar-refractivity contribution >= 4 is 38.9 Å². The van der Waals surface area contributed by atoms with Gasteiger partial charge in [-0.2, -0.15) is 0 Å². The number of rotatable bonds is 7. The molecule has 1 atom stereocenters. The van der Waals surface area contributed by atoms with E-state index >= 15 is 0 Å². The fraction of sp³-hybridized carbons (Fsp3) is 0.467. The van der Waals surface area contributed by atoms with Crippen molar-refractivity contribution in [2.45, 2.75) is 39.7 Å². The molecule has 4 nitrogen and oxygen atoms in total. The van der Waals surface area contributed by atoms with Crippen molar-refractivity contribution in [2.75, 3.05) is 17.2 Å². The summed E-state index contributed by atoms with van der Waals surface area (Å²) in [4.78, 5) is 11.3. The molecule has 2 rings (SSSR count). The summed E-state index contributed by atoms with van der Waals surface area (Å²) in [7, 11) is 0. The summed E-state index contributed by atoms with van der Waals surface area (Å²) in [6.07, 6.45) is 3.65. The summed E-state index contributed by atoms with van der Waals surface area (Å²) < 4.78 is 0.896. The molecular weight excluding hydrogens is 348 g/mol. The lowest BCUT2D eigenvalue weighted by molar-refractivity contribution is 0.792. The van der Waals surface area contributed by atoms with Crippen LogP contribution in [0.15, 0.2) is 22.9 Å². The first-order chi connectivity index (χ1) is 10.1. The Morgan fingerprint density at radius 3 is 2.71 bits per heavy atom. The van der Waals surface area contributed by atoms with E-state index in [2.05, 4.69) is 69.4 Å². The van der Waals surface area contributed by atoms with E-state index in [1.54, 1.807) is 6.33 Å². The molecule has 0 bridgehead atoms. The van der Waals surface area contributed by atoms with Gasteiger partial charge in [0.25, 0.3) is 0 Å². The topological polar surface area (TPSA) is 49.8 Å². The Kier molecular flexibility index (Phi) is 5.99. The van der Waals surface area contributed by atoms with Crippen LogP contribution in [0.2, 0.25) is 0 Å². The largest absolute Gasteiger partial charge is 0.369 e. The molecule has 0 aliphatic rings. The van der Waals surface area contributed by atoms with Crippen molar-refractivity contribution < 1.29 is 0 Å². The minimum absolute atomic E-state index is 0.313. The van der Waals surface area contributed by atoms with E-state index in [0.29, 0.717) is 6.04 Å². The number of nitrogens with zero attached hydrogens (tertiary/aromatic N) is 2. The zero-order chi connectivity index (χ0) is 15.2. The lowest BCUT2D eigenvalue weighted by Gasteiger charge is -2.16. The molecule has 2 aromatic heterocycles. The second-order valence-corrected chi connectivity index (χ2v) is 7.24. The quantitative estimate of drug-likeness (QED) is 0.756. The molecule has 6 heteroatoms. The van der Waals surface area contributed by atoms with Crippen molar-refractivity contribution in [1.82, 2.24) is 9.97 Å². The summed E-state index contributed by atoms with van der Waals surface area (Å²) in [5.74, 6) is 1.68. The van der Waals surface area contributed by atoms with Crippen LogP contribution < -0.4 is 10.6 Å². The molecule has 2 aromatic rings. The maximum Gasteiger partial charge on any atom is 0.146 e. The van der Waals surface area contributed by atoms with Gasteiger partial charge in [-0.05, 0) is 48.3 Å². The van der Waals surface area contributed by atoms with E-state index in [-0.39, 0.29) is 0 Å². The Labute approximate surface area is 138 Å². The zero-order valence-electron chi connectivity index (χ0n) is 12.6. The number of anilines is 2. The van der Waals surface area contributed by atoms with Gasteiger partial charge in [0.2, 0.25) is 0 Å². The predicted octanol–water partition coefficient (Wildman–Crippen LogP) is 4.47. The van der Waals surface area contributed by atoms with Crippen LogP contribution >= 0.6 is 27.3 Å². The first-order valence-corrected chi connectivity index (χ1v) is 8.77. The summed E-state index contributed by atoms with van der Waals surface area (Å²) in [6, 6.07) is 4.68. The van der Waals surface area contributed by atoms with Crippen molar-refractivity contribution in [1.29, 1.82) is 0 Å². The molecule has 114 valence electrons. The molecule has 1 unspecified atom stereocenters. The van der Waals surface area contributed by atoms with Gasteiger partial charge in [0.15, 0.2) is 0 Å². The zero-order valence-corrected chi connectivity index (χ0v) is 15.0. The van der Waals surface area contributed by atoms with Crippen LogP contribution in [0, 0.1) is 6.92 Å². The van der Waals surface area contributed by atoms with Crippen LogP contribution in [0.4, 0.5) is 11.6 Å². The van der Waals surface area contributed by atoms with Crippen LogP contribution in [0.3, 0.4) is 0 Å². The number of hydrogen-bond acceptors (Lipinski definition) is 5. The van der Waals surface area contributed by atoms with Gasteiger partial charge in [0, 0.05) is 28.8 Å².